The second-order valence-corrected chi connectivity index (χ2v) is 2.27. The lowest BCUT2D eigenvalue weighted by molar-refractivity contribution is 0.488. The van der Waals surface area contributed by atoms with Crippen LogP contribution in [0.2, 0.25) is 0 Å². The Kier molecular flexibility index (Phi) is 1.34. The molecule has 0 amide bonds. The van der Waals surface area contributed by atoms with E-state index < -0.39 is 0 Å². The molecule has 0 aliphatic carbocycles. The SMILES string of the molecule is NC1=NNC2NNC(N)=NC2=N1. The maximum atomic E-state index is 5.37. The molecule has 0 fully saturated rings. The number of nitrogens with zero attached hydrogens (tertiary/aromatic N) is 3. The molecule has 0 saturated heterocycles. The van der Waals surface area contributed by atoms with Crippen LogP contribution >= 0.6 is 0 Å². The van der Waals surface area contributed by atoms with Crippen molar-refractivity contribution in [2.24, 2.45) is 26.6 Å². The third kappa shape index (κ3) is 1.03. The largest absolute Gasteiger partial charge is 0.369 e. The highest BCUT2D eigenvalue weighted by atomic mass is 15.6. The summed E-state index contributed by atoms with van der Waals surface area (Å²) in [5, 5.41) is 3.68. The van der Waals surface area contributed by atoms with Crippen molar-refractivity contribution in [1.82, 2.24) is 16.3 Å². The first-order valence-corrected chi connectivity index (χ1v) is 3.29. The van der Waals surface area contributed by atoms with Gasteiger partial charge in [0.05, 0.1) is 0 Å². The summed E-state index contributed by atoms with van der Waals surface area (Å²) in [4.78, 5) is 7.77. The van der Waals surface area contributed by atoms with E-state index in [2.05, 4.69) is 31.4 Å². The van der Waals surface area contributed by atoms with Crippen molar-refractivity contribution < 1.29 is 0 Å². The number of nitrogens with two attached hydrogens (primary N) is 2. The van der Waals surface area contributed by atoms with E-state index in [1.165, 1.54) is 0 Å². The molecule has 0 spiro atoms. The maximum absolute atomic E-state index is 5.37. The lowest BCUT2D eigenvalue weighted by Gasteiger charge is -2.25. The van der Waals surface area contributed by atoms with Crippen molar-refractivity contribution >= 4 is 17.8 Å². The Morgan fingerprint density at radius 1 is 1.25 bits per heavy atom. The van der Waals surface area contributed by atoms with Crippen LogP contribution in [-0.4, -0.2) is 23.9 Å². The van der Waals surface area contributed by atoms with Crippen LogP contribution in [0, 0.1) is 0 Å². The summed E-state index contributed by atoms with van der Waals surface area (Å²) in [5.41, 5.74) is 18.8. The molecule has 2 aliphatic rings. The van der Waals surface area contributed by atoms with E-state index in [0.717, 1.165) is 0 Å². The van der Waals surface area contributed by atoms with Gasteiger partial charge in [0, 0.05) is 0 Å². The molecule has 0 aromatic heterocycles. The highest BCUT2D eigenvalue weighted by Gasteiger charge is 2.22. The molecule has 2 heterocycles. The van der Waals surface area contributed by atoms with Crippen LogP contribution in [-0.2, 0) is 0 Å². The van der Waals surface area contributed by atoms with Crippen LogP contribution in [0.25, 0.3) is 0 Å². The topological polar surface area (TPSA) is 125 Å². The van der Waals surface area contributed by atoms with Gasteiger partial charge >= 0.3 is 0 Å². The quantitative estimate of drug-likeness (QED) is 0.263. The molecule has 0 saturated carbocycles. The fourth-order valence-electron chi connectivity index (χ4n) is 0.879. The summed E-state index contributed by atoms with van der Waals surface area (Å²) in [6.45, 7) is 0. The van der Waals surface area contributed by atoms with Crippen molar-refractivity contribution in [2.75, 3.05) is 0 Å². The summed E-state index contributed by atoms with van der Waals surface area (Å²) < 4.78 is 0. The number of guanidine groups is 2. The highest BCUT2D eigenvalue weighted by molar-refractivity contribution is 6.05. The minimum Gasteiger partial charge on any atom is -0.369 e. The Balaban J connectivity index is 2.31. The summed E-state index contributed by atoms with van der Waals surface area (Å²) >= 11 is 0. The second kappa shape index (κ2) is 2.34. The number of fused-ring (bicyclic) bond motifs is 1. The molecule has 0 aromatic carbocycles. The van der Waals surface area contributed by atoms with Gasteiger partial charge in [-0.2, -0.15) is 9.98 Å². The maximum Gasteiger partial charge on any atom is 0.239 e. The zero-order valence-corrected chi connectivity index (χ0v) is 6.07. The van der Waals surface area contributed by atoms with Crippen molar-refractivity contribution in [3.63, 3.8) is 0 Å². The van der Waals surface area contributed by atoms with Gasteiger partial charge in [-0.25, -0.2) is 5.43 Å². The normalized spacial score (nSPS) is 27.0. The zero-order valence-electron chi connectivity index (χ0n) is 6.07. The van der Waals surface area contributed by atoms with Crippen molar-refractivity contribution in [3.8, 4) is 0 Å². The third-order valence-corrected chi connectivity index (χ3v) is 1.38. The summed E-state index contributed by atoms with van der Waals surface area (Å²) in [6, 6.07) is 0. The Labute approximate surface area is 67.8 Å². The first-order chi connectivity index (χ1) is 5.75. The number of hydrazine groups is 1. The Hall–Kier alpha value is -1.83. The van der Waals surface area contributed by atoms with Gasteiger partial charge in [0.25, 0.3) is 0 Å². The van der Waals surface area contributed by atoms with Gasteiger partial charge in [-0.3, -0.25) is 10.9 Å². The molecule has 0 radical (unpaired) electrons. The number of amidine groups is 1. The molecule has 12 heavy (non-hydrogen) atoms. The summed E-state index contributed by atoms with van der Waals surface area (Å²) in [5.74, 6) is 0.863. The van der Waals surface area contributed by atoms with Crippen molar-refractivity contribution in [1.29, 1.82) is 0 Å². The first-order valence-electron chi connectivity index (χ1n) is 3.29. The summed E-state index contributed by atoms with van der Waals surface area (Å²) in [6.07, 6.45) is -0.274. The van der Waals surface area contributed by atoms with Crippen molar-refractivity contribution in [2.45, 2.75) is 6.17 Å². The number of hydrogen-bond acceptors (Lipinski definition) is 8. The van der Waals surface area contributed by atoms with Crippen LogP contribution in [0.3, 0.4) is 0 Å². The van der Waals surface area contributed by atoms with Crippen LogP contribution in [0.1, 0.15) is 0 Å². The Morgan fingerprint density at radius 2 is 2.08 bits per heavy atom. The molecule has 2 aliphatic heterocycles. The minimum absolute atomic E-state index is 0.140. The molecule has 0 aromatic rings. The van der Waals surface area contributed by atoms with Crippen LogP contribution in [0.15, 0.2) is 15.1 Å². The number of hydrazone groups is 1. The fraction of sp³-hybridized carbons (Fsp3) is 0.250. The standard InChI is InChI=1S/C4H8N8/c5-3-7-1-2(9-11-3)10-12-4(6)8-1/h2,9-10H,(H5,5,6,7,8,11,12). The molecule has 2 rings (SSSR count). The predicted molar refractivity (Wildman–Crippen MR) is 43.9 cm³/mol. The van der Waals surface area contributed by atoms with E-state index in [1.54, 1.807) is 0 Å². The van der Waals surface area contributed by atoms with Crippen LogP contribution in [0.4, 0.5) is 0 Å². The molecular formula is C4H8N8. The molecule has 0 bridgehead atoms. The van der Waals surface area contributed by atoms with Gasteiger partial charge in [0.2, 0.25) is 11.9 Å². The van der Waals surface area contributed by atoms with E-state index in [4.69, 9.17) is 11.5 Å². The first kappa shape index (κ1) is 6.85. The Bertz CT molecular complexity index is 287. The van der Waals surface area contributed by atoms with Crippen LogP contribution in [0.5, 0.6) is 0 Å². The lowest BCUT2D eigenvalue weighted by atomic mass is 10.4. The fourth-order valence-corrected chi connectivity index (χ4v) is 0.879. The lowest BCUT2D eigenvalue weighted by Crippen LogP contribution is -2.61. The smallest absolute Gasteiger partial charge is 0.239 e. The highest BCUT2D eigenvalue weighted by Crippen LogP contribution is 1.96. The molecule has 8 nitrogen and oxygen atoms in total. The van der Waals surface area contributed by atoms with Gasteiger partial charge in [0.1, 0.15) is 0 Å². The second-order valence-electron chi connectivity index (χ2n) is 2.27. The van der Waals surface area contributed by atoms with Gasteiger partial charge in [-0.1, -0.05) is 0 Å². The summed E-state index contributed by atoms with van der Waals surface area (Å²) in [7, 11) is 0. The van der Waals surface area contributed by atoms with Crippen LogP contribution < -0.4 is 27.7 Å². The van der Waals surface area contributed by atoms with E-state index in [0.29, 0.717) is 5.84 Å². The zero-order chi connectivity index (χ0) is 8.55. The third-order valence-electron chi connectivity index (χ3n) is 1.38. The minimum atomic E-state index is -0.274. The molecule has 8 heteroatoms. The van der Waals surface area contributed by atoms with Crippen molar-refractivity contribution in [3.05, 3.63) is 0 Å². The molecule has 1 atom stereocenters. The van der Waals surface area contributed by atoms with Gasteiger partial charge in [-0.15, -0.1) is 5.10 Å². The van der Waals surface area contributed by atoms with E-state index in [9.17, 15) is 0 Å². The number of aliphatic imine (C=N–C) groups is 2. The van der Waals surface area contributed by atoms with Gasteiger partial charge < -0.3 is 11.5 Å². The number of nitrogens with one attached hydrogen (secondary N) is 3. The molecule has 1 unspecified atom stereocenters. The average molecular weight is 168 g/mol. The van der Waals surface area contributed by atoms with Gasteiger partial charge in [0.15, 0.2) is 12.0 Å². The number of rotatable bonds is 0. The Morgan fingerprint density at radius 3 is 2.92 bits per heavy atom. The monoisotopic (exact) mass is 168 g/mol. The predicted octanol–water partition coefficient (Wildman–Crippen LogP) is -3.03. The van der Waals surface area contributed by atoms with Gasteiger partial charge in [-0.05, 0) is 0 Å². The molecule has 7 N–H and O–H groups in total. The van der Waals surface area contributed by atoms with E-state index >= 15 is 0 Å². The van der Waals surface area contributed by atoms with E-state index in [-0.39, 0.29) is 18.1 Å². The molecule has 64 valence electrons. The number of hydrogen-bond donors (Lipinski definition) is 5. The molecular weight excluding hydrogens is 160 g/mol. The van der Waals surface area contributed by atoms with E-state index in [1.807, 2.05) is 0 Å². The average Bonchev–Trinajstić information content (AvgIpc) is 2.03.